The van der Waals surface area contributed by atoms with Gasteiger partial charge in [0.2, 0.25) is 5.91 Å². The van der Waals surface area contributed by atoms with Gasteiger partial charge in [-0.25, -0.2) is 4.98 Å². The van der Waals surface area contributed by atoms with E-state index >= 15 is 0 Å². The van der Waals surface area contributed by atoms with Crippen LogP contribution in [0.3, 0.4) is 0 Å². The second-order valence-electron chi connectivity index (χ2n) is 7.13. The Labute approximate surface area is 211 Å². The molecule has 0 radical (unpaired) electrons. The first-order chi connectivity index (χ1) is 16.5. The lowest BCUT2D eigenvalue weighted by Gasteiger charge is -2.13. The van der Waals surface area contributed by atoms with Gasteiger partial charge >= 0.3 is 0 Å². The second kappa shape index (κ2) is 11.2. The van der Waals surface area contributed by atoms with Gasteiger partial charge in [-0.2, -0.15) is 0 Å². The third kappa shape index (κ3) is 5.97. The SMILES string of the molecule is COc1cc(C=CC(=O)Nc2nc(-c3ccccc3)cs2)ccc1OCc1c(Cl)cccc1Cl. The number of benzene rings is 3. The summed E-state index contributed by atoms with van der Waals surface area (Å²) in [5, 5.41) is 6.31. The quantitative estimate of drug-likeness (QED) is 0.251. The molecule has 0 aliphatic carbocycles. The van der Waals surface area contributed by atoms with Crippen LogP contribution >= 0.6 is 34.5 Å². The average molecular weight is 511 g/mol. The van der Waals surface area contributed by atoms with Crippen molar-refractivity contribution >= 4 is 51.7 Å². The fourth-order valence-corrected chi connectivity index (χ4v) is 4.35. The standard InChI is InChI=1S/C26H20Cl2N2O3S/c1-32-24-14-17(10-12-23(24)33-15-19-20(27)8-5-9-21(19)28)11-13-25(31)30-26-29-22(16-34-26)18-6-3-2-4-7-18/h2-14,16H,15H2,1H3,(H,29,30,31). The van der Waals surface area contributed by atoms with E-state index < -0.39 is 0 Å². The highest BCUT2D eigenvalue weighted by Crippen LogP contribution is 2.32. The molecule has 1 N–H and O–H groups in total. The number of thiazole rings is 1. The summed E-state index contributed by atoms with van der Waals surface area (Å²) >= 11 is 13.8. The van der Waals surface area contributed by atoms with Crippen LogP contribution in [-0.2, 0) is 11.4 Å². The maximum absolute atomic E-state index is 12.4. The maximum atomic E-state index is 12.4. The van der Waals surface area contributed by atoms with Crippen LogP contribution in [0.1, 0.15) is 11.1 Å². The highest BCUT2D eigenvalue weighted by molar-refractivity contribution is 7.14. The Morgan fingerprint density at radius 2 is 1.79 bits per heavy atom. The summed E-state index contributed by atoms with van der Waals surface area (Å²) in [4.78, 5) is 16.8. The number of carbonyl (C=O) groups excluding carboxylic acids is 1. The van der Waals surface area contributed by atoms with E-state index in [-0.39, 0.29) is 12.5 Å². The van der Waals surface area contributed by atoms with Gasteiger partial charge in [0.1, 0.15) is 6.61 Å². The lowest BCUT2D eigenvalue weighted by Crippen LogP contribution is -2.07. The molecule has 0 atom stereocenters. The zero-order chi connectivity index (χ0) is 23.9. The highest BCUT2D eigenvalue weighted by Gasteiger charge is 2.10. The van der Waals surface area contributed by atoms with Crippen molar-refractivity contribution in [3.05, 3.63) is 99.4 Å². The van der Waals surface area contributed by atoms with E-state index in [1.807, 2.05) is 41.8 Å². The highest BCUT2D eigenvalue weighted by atomic mass is 35.5. The first-order valence-corrected chi connectivity index (χ1v) is 11.9. The van der Waals surface area contributed by atoms with E-state index in [0.29, 0.717) is 32.2 Å². The number of rotatable bonds is 8. The third-order valence-corrected chi connectivity index (χ3v) is 6.32. The minimum atomic E-state index is -0.276. The van der Waals surface area contributed by atoms with Crippen molar-refractivity contribution in [3.8, 4) is 22.8 Å². The second-order valence-corrected chi connectivity index (χ2v) is 8.80. The van der Waals surface area contributed by atoms with Crippen LogP contribution in [0.15, 0.2) is 78.2 Å². The van der Waals surface area contributed by atoms with Crippen LogP contribution in [-0.4, -0.2) is 18.0 Å². The molecule has 0 unspecified atom stereocenters. The minimum Gasteiger partial charge on any atom is -0.493 e. The summed E-state index contributed by atoms with van der Waals surface area (Å²) in [5.74, 6) is 0.788. The van der Waals surface area contributed by atoms with Crippen LogP contribution in [0, 0.1) is 0 Å². The first-order valence-electron chi connectivity index (χ1n) is 10.3. The molecule has 5 nitrogen and oxygen atoms in total. The molecular formula is C26H20Cl2N2O3S. The maximum Gasteiger partial charge on any atom is 0.250 e. The number of amides is 1. The summed E-state index contributed by atoms with van der Waals surface area (Å²) in [7, 11) is 1.55. The van der Waals surface area contributed by atoms with Crippen LogP contribution < -0.4 is 14.8 Å². The molecule has 1 heterocycles. The molecule has 3 aromatic carbocycles. The van der Waals surface area contributed by atoms with E-state index in [1.54, 1.807) is 43.5 Å². The molecule has 1 amide bonds. The van der Waals surface area contributed by atoms with Gasteiger partial charge in [-0.05, 0) is 35.9 Å². The number of hydrogen-bond donors (Lipinski definition) is 1. The van der Waals surface area contributed by atoms with Crippen molar-refractivity contribution < 1.29 is 14.3 Å². The van der Waals surface area contributed by atoms with Crippen LogP contribution in [0.4, 0.5) is 5.13 Å². The molecule has 172 valence electrons. The van der Waals surface area contributed by atoms with Crippen LogP contribution in [0.25, 0.3) is 17.3 Å². The predicted octanol–water partition coefficient (Wildman–Crippen LogP) is 7.36. The Bertz CT molecular complexity index is 1300. The molecule has 1 aromatic heterocycles. The van der Waals surface area contributed by atoms with E-state index in [4.69, 9.17) is 32.7 Å². The number of nitrogens with zero attached hydrogens (tertiary/aromatic N) is 1. The van der Waals surface area contributed by atoms with Gasteiger partial charge in [0.05, 0.1) is 12.8 Å². The van der Waals surface area contributed by atoms with Crippen molar-refractivity contribution in [2.45, 2.75) is 6.61 Å². The van der Waals surface area contributed by atoms with E-state index in [9.17, 15) is 4.79 Å². The molecule has 0 aliphatic rings. The fourth-order valence-electron chi connectivity index (χ4n) is 3.12. The Kier molecular flexibility index (Phi) is 7.85. The number of hydrogen-bond acceptors (Lipinski definition) is 5. The molecule has 34 heavy (non-hydrogen) atoms. The van der Waals surface area contributed by atoms with Crippen molar-refractivity contribution in [2.75, 3.05) is 12.4 Å². The fraction of sp³-hybridized carbons (Fsp3) is 0.0769. The number of halogens is 2. The Balaban J connectivity index is 1.39. The summed E-state index contributed by atoms with van der Waals surface area (Å²) in [6.45, 7) is 0.200. The summed E-state index contributed by atoms with van der Waals surface area (Å²) in [6.07, 6.45) is 3.14. The van der Waals surface area contributed by atoms with Crippen molar-refractivity contribution in [1.82, 2.24) is 4.98 Å². The van der Waals surface area contributed by atoms with Crippen molar-refractivity contribution in [1.29, 1.82) is 0 Å². The number of aromatic nitrogens is 1. The van der Waals surface area contributed by atoms with Crippen LogP contribution in [0.5, 0.6) is 11.5 Å². The Morgan fingerprint density at radius 1 is 1.03 bits per heavy atom. The van der Waals surface area contributed by atoms with E-state index in [0.717, 1.165) is 16.8 Å². The van der Waals surface area contributed by atoms with Gasteiger partial charge in [-0.3, -0.25) is 10.1 Å². The summed E-state index contributed by atoms with van der Waals surface area (Å²) in [5.41, 5.74) is 3.30. The third-order valence-electron chi connectivity index (χ3n) is 4.85. The molecular weight excluding hydrogens is 491 g/mol. The number of nitrogens with one attached hydrogen (secondary N) is 1. The number of methoxy groups -OCH3 is 1. The first kappa shape index (κ1) is 23.8. The molecule has 4 aromatic rings. The van der Waals surface area contributed by atoms with E-state index in [2.05, 4.69) is 10.3 Å². The molecule has 0 bridgehead atoms. The largest absolute Gasteiger partial charge is 0.493 e. The summed E-state index contributed by atoms with van der Waals surface area (Å²) in [6, 6.07) is 20.5. The van der Waals surface area contributed by atoms with E-state index in [1.165, 1.54) is 17.4 Å². The Hall–Kier alpha value is -3.32. The van der Waals surface area contributed by atoms with Gasteiger partial charge < -0.3 is 9.47 Å². The zero-order valence-corrected chi connectivity index (χ0v) is 20.5. The molecule has 0 saturated carbocycles. The topological polar surface area (TPSA) is 60.5 Å². The van der Waals surface area contributed by atoms with Gasteiger partial charge in [0.25, 0.3) is 0 Å². The van der Waals surface area contributed by atoms with Gasteiger partial charge in [0, 0.05) is 32.6 Å². The molecule has 0 saturated heterocycles. The molecule has 8 heteroatoms. The molecule has 0 aliphatic heterocycles. The van der Waals surface area contributed by atoms with Gasteiger partial charge in [0.15, 0.2) is 16.6 Å². The zero-order valence-electron chi connectivity index (χ0n) is 18.1. The van der Waals surface area contributed by atoms with Crippen LogP contribution in [0.2, 0.25) is 10.0 Å². The predicted molar refractivity (Wildman–Crippen MR) is 139 cm³/mol. The van der Waals surface area contributed by atoms with Gasteiger partial charge in [-0.1, -0.05) is 65.7 Å². The molecule has 4 rings (SSSR count). The lowest BCUT2D eigenvalue weighted by molar-refractivity contribution is -0.111. The molecule has 0 fully saturated rings. The van der Waals surface area contributed by atoms with Crippen molar-refractivity contribution in [3.63, 3.8) is 0 Å². The van der Waals surface area contributed by atoms with Crippen molar-refractivity contribution in [2.24, 2.45) is 0 Å². The lowest BCUT2D eigenvalue weighted by atomic mass is 10.2. The Morgan fingerprint density at radius 3 is 2.53 bits per heavy atom. The number of carbonyl (C=O) groups is 1. The van der Waals surface area contributed by atoms with Gasteiger partial charge in [-0.15, -0.1) is 11.3 Å². The normalized spacial score (nSPS) is 10.9. The number of anilines is 1. The molecule has 0 spiro atoms. The smallest absolute Gasteiger partial charge is 0.250 e. The monoisotopic (exact) mass is 510 g/mol. The summed E-state index contributed by atoms with van der Waals surface area (Å²) < 4.78 is 11.3. The average Bonchev–Trinajstić information content (AvgIpc) is 3.31. The minimum absolute atomic E-state index is 0.200. The number of ether oxygens (including phenoxy) is 2.